The highest BCUT2D eigenvalue weighted by atomic mass is 16.6. The average molecular weight is 399 g/mol. The van der Waals surface area contributed by atoms with Gasteiger partial charge in [0.25, 0.3) is 0 Å². The minimum absolute atomic E-state index is 0.408. The van der Waals surface area contributed by atoms with Crippen molar-refractivity contribution < 1.29 is 19.1 Å². The third-order valence-corrected chi connectivity index (χ3v) is 4.30. The largest absolute Gasteiger partial charge is 0.412 e. The van der Waals surface area contributed by atoms with E-state index in [4.69, 9.17) is 9.47 Å². The van der Waals surface area contributed by atoms with Crippen molar-refractivity contribution in [3.05, 3.63) is 60.7 Å². The van der Waals surface area contributed by atoms with Crippen LogP contribution in [0.15, 0.2) is 60.7 Å². The average Bonchev–Trinajstić information content (AvgIpc) is 2.73. The van der Waals surface area contributed by atoms with Crippen LogP contribution in [-0.4, -0.2) is 25.3 Å². The SMILES string of the molecule is O=C(NCCCCCCCCCNC(=O)Oc1ccccc1)Oc1ccccc1. The third kappa shape index (κ3) is 10.8. The summed E-state index contributed by atoms with van der Waals surface area (Å²) in [5, 5.41) is 5.53. The Labute approximate surface area is 172 Å². The van der Waals surface area contributed by atoms with Crippen molar-refractivity contribution in [2.75, 3.05) is 13.1 Å². The van der Waals surface area contributed by atoms with E-state index in [0.717, 1.165) is 44.9 Å². The van der Waals surface area contributed by atoms with Crippen molar-refractivity contribution in [3.63, 3.8) is 0 Å². The van der Waals surface area contributed by atoms with Crippen LogP contribution < -0.4 is 20.1 Å². The number of nitrogens with one attached hydrogen (secondary N) is 2. The predicted octanol–water partition coefficient (Wildman–Crippen LogP) is 5.29. The van der Waals surface area contributed by atoms with Crippen LogP contribution in [0.2, 0.25) is 0 Å². The molecule has 0 bridgehead atoms. The standard InChI is InChI=1S/C23H30N2O4/c26-22(28-20-14-8-6-9-15-20)24-18-12-4-2-1-3-5-13-19-25-23(27)29-21-16-10-7-11-17-21/h6-11,14-17H,1-5,12-13,18-19H2,(H,24,26)(H,25,27). The Balaban J connectivity index is 1.35. The number of para-hydroxylation sites is 2. The first-order valence-corrected chi connectivity index (χ1v) is 10.3. The number of hydrogen-bond acceptors (Lipinski definition) is 4. The lowest BCUT2D eigenvalue weighted by molar-refractivity contribution is 0.199. The van der Waals surface area contributed by atoms with Crippen molar-refractivity contribution in [2.24, 2.45) is 0 Å². The van der Waals surface area contributed by atoms with E-state index in [-0.39, 0.29) is 0 Å². The second-order valence-corrected chi connectivity index (χ2v) is 6.73. The smallest absolute Gasteiger partial charge is 0.410 e. The number of ether oxygens (including phenoxy) is 2. The van der Waals surface area contributed by atoms with Gasteiger partial charge in [0.2, 0.25) is 0 Å². The number of unbranched alkanes of at least 4 members (excludes halogenated alkanes) is 6. The summed E-state index contributed by atoms with van der Waals surface area (Å²) in [5.74, 6) is 1.10. The van der Waals surface area contributed by atoms with E-state index >= 15 is 0 Å². The molecule has 0 aliphatic rings. The number of rotatable bonds is 12. The maximum Gasteiger partial charge on any atom is 0.412 e. The first kappa shape index (κ1) is 22.3. The number of amides is 2. The van der Waals surface area contributed by atoms with Crippen LogP contribution in [0.4, 0.5) is 9.59 Å². The molecule has 2 amide bonds. The molecule has 6 nitrogen and oxygen atoms in total. The van der Waals surface area contributed by atoms with Crippen LogP contribution >= 0.6 is 0 Å². The molecule has 29 heavy (non-hydrogen) atoms. The first-order chi connectivity index (χ1) is 14.2. The Kier molecular flexibility index (Phi) is 10.8. The van der Waals surface area contributed by atoms with Gasteiger partial charge in [0, 0.05) is 13.1 Å². The van der Waals surface area contributed by atoms with Gasteiger partial charge in [-0.1, -0.05) is 68.5 Å². The maximum atomic E-state index is 11.6. The summed E-state index contributed by atoms with van der Waals surface area (Å²) in [5.41, 5.74) is 0. The van der Waals surface area contributed by atoms with Crippen molar-refractivity contribution in [1.82, 2.24) is 10.6 Å². The van der Waals surface area contributed by atoms with Crippen LogP contribution in [0, 0.1) is 0 Å². The summed E-state index contributed by atoms with van der Waals surface area (Å²) in [6, 6.07) is 18.1. The zero-order valence-electron chi connectivity index (χ0n) is 16.8. The fourth-order valence-electron chi connectivity index (χ4n) is 2.78. The molecule has 0 aromatic heterocycles. The van der Waals surface area contributed by atoms with Gasteiger partial charge in [-0.3, -0.25) is 0 Å². The van der Waals surface area contributed by atoms with Gasteiger partial charge in [0.1, 0.15) is 11.5 Å². The summed E-state index contributed by atoms with van der Waals surface area (Å²) in [4.78, 5) is 23.3. The fraction of sp³-hybridized carbons (Fsp3) is 0.391. The van der Waals surface area contributed by atoms with Crippen LogP contribution in [0.5, 0.6) is 11.5 Å². The number of carbonyl (C=O) groups is 2. The van der Waals surface area contributed by atoms with Crippen LogP contribution in [0.1, 0.15) is 44.9 Å². The lowest BCUT2D eigenvalue weighted by Gasteiger charge is -2.07. The monoisotopic (exact) mass is 398 g/mol. The molecule has 2 aromatic carbocycles. The summed E-state index contributed by atoms with van der Waals surface area (Å²) in [7, 11) is 0. The second kappa shape index (κ2) is 14.0. The second-order valence-electron chi connectivity index (χ2n) is 6.73. The molecule has 2 N–H and O–H groups in total. The Morgan fingerprint density at radius 2 is 0.897 bits per heavy atom. The molecule has 0 unspecified atom stereocenters. The molecule has 0 atom stereocenters. The number of hydrogen-bond donors (Lipinski definition) is 2. The molecule has 0 spiro atoms. The zero-order valence-corrected chi connectivity index (χ0v) is 16.8. The molecule has 0 aliphatic heterocycles. The molecule has 0 aliphatic carbocycles. The van der Waals surface area contributed by atoms with Crippen molar-refractivity contribution in [1.29, 1.82) is 0 Å². The van der Waals surface area contributed by atoms with Gasteiger partial charge in [-0.2, -0.15) is 0 Å². The lowest BCUT2D eigenvalue weighted by atomic mass is 10.1. The zero-order chi connectivity index (χ0) is 20.6. The highest BCUT2D eigenvalue weighted by molar-refractivity contribution is 5.70. The summed E-state index contributed by atoms with van der Waals surface area (Å²) in [6.07, 6.45) is 6.65. The van der Waals surface area contributed by atoms with E-state index < -0.39 is 12.2 Å². The Hall–Kier alpha value is -3.02. The Morgan fingerprint density at radius 1 is 0.552 bits per heavy atom. The Morgan fingerprint density at radius 3 is 1.28 bits per heavy atom. The minimum atomic E-state index is -0.408. The van der Waals surface area contributed by atoms with E-state index in [1.807, 2.05) is 36.4 Å². The van der Waals surface area contributed by atoms with Crippen molar-refractivity contribution in [3.8, 4) is 11.5 Å². The van der Waals surface area contributed by atoms with E-state index in [2.05, 4.69) is 10.6 Å². The molecular formula is C23H30N2O4. The maximum absolute atomic E-state index is 11.6. The van der Waals surface area contributed by atoms with Crippen molar-refractivity contribution >= 4 is 12.2 Å². The summed E-state index contributed by atoms with van der Waals surface area (Å²) < 4.78 is 10.3. The number of carbonyl (C=O) groups excluding carboxylic acids is 2. The highest BCUT2D eigenvalue weighted by Crippen LogP contribution is 2.10. The highest BCUT2D eigenvalue weighted by Gasteiger charge is 2.03. The van der Waals surface area contributed by atoms with Gasteiger partial charge >= 0.3 is 12.2 Å². The topological polar surface area (TPSA) is 76.7 Å². The third-order valence-electron chi connectivity index (χ3n) is 4.30. The normalized spacial score (nSPS) is 10.2. The number of benzene rings is 2. The molecule has 2 rings (SSSR count). The van der Waals surface area contributed by atoms with Gasteiger partial charge in [0.05, 0.1) is 0 Å². The summed E-state index contributed by atoms with van der Waals surface area (Å²) >= 11 is 0. The van der Waals surface area contributed by atoms with Crippen LogP contribution in [0.3, 0.4) is 0 Å². The molecule has 156 valence electrons. The van der Waals surface area contributed by atoms with Crippen LogP contribution in [0.25, 0.3) is 0 Å². The van der Waals surface area contributed by atoms with E-state index in [0.29, 0.717) is 24.6 Å². The summed E-state index contributed by atoms with van der Waals surface area (Å²) in [6.45, 7) is 1.25. The van der Waals surface area contributed by atoms with Crippen molar-refractivity contribution in [2.45, 2.75) is 44.9 Å². The molecule has 2 aromatic rings. The molecule has 0 fully saturated rings. The van der Waals surface area contributed by atoms with E-state index in [1.54, 1.807) is 24.3 Å². The molecular weight excluding hydrogens is 368 g/mol. The molecule has 0 saturated heterocycles. The van der Waals surface area contributed by atoms with Gasteiger partial charge < -0.3 is 20.1 Å². The predicted molar refractivity (Wildman–Crippen MR) is 113 cm³/mol. The van der Waals surface area contributed by atoms with Crippen LogP contribution in [-0.2, 0) is 0 Å². The first-order valence-electron chi connectivity index (χ1n) is 10.3. The molecule has 6 heteroatoms. The van der Waals surface area contributed by atoms with E-state index in [1.165, 1.54) is 0 Å². The van der Waals surface area contributed by atoms with E-state index in [9.17, 15) is 9.59 Å². The van der Waals surface area contributed by atoms with Gasteiger partial charge in [-0.25, -0.2) is 9.59 Å². The molecule has 0 saturated carbocycles. The molecule has 0 heterocycles. The van der Waals surface area contributed by atoms with Gasteiger partial charge in [-0.05, 0) is 37.1 Å². The Bertz CT molecular complexity index is 646. The minimum Gasteiger partial charge on any atom is -0.410 e. The van der Waals surface area contributed by atoms with Gasteiger partial charge in [-0.15, -0.1) is 0 Å². The quantitative estimate of drug-likeness (QED) is 0.476. The fourth-order valence-corrected chi connectivity index (χ4v) is 2.78. The molecule has 0 radical (unpaired) electrons. The lowest BCUT2D eigenvalue weighted by Crippen LogP contribution is -2.27. The van der Waals surface area contributed by atoms with Gasteiger partial charge in [0.15, 0.2) is 0 Å².